The topological polar surface area (TPSA) is 50.8 Å². The SMILES string of the molecule is CCNC1(C(=O)OCC)CCCC(N2CCCOCC2)C1. The van der Waals surface area contributed by atoms with Crippen LogP contribution in [0.5, 0.6) is 0 Å². The lowest BCUT2D eigenvalue weighted by atomic mass is 9.78. The van der Waals surface area contributed by atoms with Crippen LogP contribution in [0.25, 0.3) is 0 Å². The van der Waals surface area contributed by atoms with Crippen molar-refractivity contribution in [1.29, 1.82) is 0 Å². The zero-order valence-electron chi connectivity index (χ0n) is 13.5. The number of carbonyl (C=O) groups is 1. The molecule has 2 rings (SSSR count). The lowest BCUT2D eigenvalue weighted by molar-refractivity contribution is -0.154. The molecule has 2 fully saturated rings. The number of carbonyl (C=O) groups excluding carboxylic acids is 1. The highest BCUT2D eigenvalue weighted by atomic mass is 16.5. The van der Waals surface area contributed by atoms with E-state index in [0.29, 0.717) is 12.6 Å². The average molecular weight is 298 g/mol. The maximum Gasteiger partial charge on any atom is 0.326 e. The Bertz CT molecular complexity index is 325. The smallest absolute Gasteiger partial charge is 0.326 e. The first-order chi connectivity index (χ1) is 10.2. The van der Waals surface area contributed by atoms with Crippen LogP contribution in [0.15, 0.2) is 0 Å². The molecule has 1 N–H and O–H groups in total. The van der Waals surface area contributed by atoms with Gasteiger partial charge in [0.15, 0.2) is 0 Å². The van der Waals surface area contributed by atoms with Crippen LogP contribution < -0.4 is 5.32 Å². The maximum atomic E-state index is 12.5. The van der Waals surface area contributed by atoms with Crippen molar-refractivity contribution in [2.75, 3.05) is 39.5 Å². The van der Waals surface area contributed by atoms with Gasteiger partial charge in [0.2, 0.25) is 0 Å². The van der Waals surface area contributed by atoms with Gasteiger partial charge in [-0.1, -0.05) is 6.92 Å². The summed E-state index contributed by atoms with van der Waals surface area (Å²) < 4.78 is 10.9. The Labute approximate surface area is 128 Å². The van der Waals surface area contributed by atoms with Gasteiger partial charge in [-0.25, -0.2) is 0 Å². The van der Waals surface area contributed by atoms with Crippen LogP contribution in [0.1, 0.15) is 46.0 Å². The molecule has 2 unspecified atom stereocenters. The Morgan fingerprint density at radius 1 is 1.33 bits per heavy atom. The van der Waals surface area contributed by atoms with Gasteiger partial charge in [0.05, 0.1) is 13.2 Å². The molecule has 0 aromatic rings. The van der Waals surface area contributed by atoms with Gasteiger partial charge in [0.25, 0.3) is 0 Å². The van der Waals surface area contributed by atoms with Crippen molar-refractivity contribution < 1.29 is 14.3 Å². The zero-order chi connectivity index (χ0) is 15.1. The molecule has 1 saturated carbocycles. The molecule has 2 atom stereocenters. The van der Waals surface area contributed by atoms with Crippen molar-refractivity contribution in [3.8, 4) is 0 Å². The molecule has 0 amide bonds. The lowest BCUT2D eigenvalue weighted by Gasteiger charge is -2.43. The number of hydrogen-bond donors (Lipinski definition) is 1. The van der Waals surface area contributed by atoms with E-state index < -0.39 is 5.54 Å². The summed E-state index contributed by atoms with van der Waals surface area (Å²) in [4.78, 5) is 15.0. The van der Waals surface area contributed by atoms with Crippen LogP contribution in [0.4, 0.5) is 0 Å². The van der Waals surface area contributed by atoms with E-state index in [1.54, 1.807) is 0 Å². The number of likely N-dealkylation sites (N-methyl/N-ethyl adjacent to an activating group) is 1. The van der Waals surface area contributed by atoms with Gasteiger partial charge in [0.1, 0.15) is 5.54 Å². The van der Waals surface area contributed by atoms with Crippen molar-refractivity contribution in [1.82, 2.24) is 10.2 Å². The van der Waals surface area contributed by atoms with E-state index in [2.05, 4.69) is 17.1 Å². The minimum absolute atomic E-state index is 0.0670. The summed E-state index contributed by atoms with van der Waals surface area (Å²) in [6.45, 7) is 8.92. The first-order valence-corrected chi connectivity index (χ1v) is 8.46. The van der Waals surface area contributed by atoms with Gasteiger partial charge >= 0.3 is 5.97 Å². The largest absolute Gasteiger partial charge is 0.465 e. The molecule has 1 aliphatic carbocycles. The highest BCUT2D eigenvalue weighted by Gasteiger charge is 2.44. The Balaban J connectivity index is 2.06. The molecular formula is C16H30N2O3. The first-order valence-electron chi connectivity index (χ1n) is 8.46. The van der Waals surface area contributed by atoms with Gasteiger partial charge in [-0.05, 0) is 45.6 Å². The number of nitrogens with one attached hydrogen (secondary N) is 1. The molecule has 0 bridgehead atoms. The van der Waals surface area contributed by atoms with E-state index >= 15 is 0 Å². The molecule has 1 saturated heterocycles. The predicted molar refractivity (Wildman–Crippen MR) is 82.3 cm³/mol. The Hall–Kier alpha value is -0.650. The normalized spacial score (nSPS) is 31.6. The number of hydrogen-bond acceptors (Lipinski definition) is 5. The Morgan fingerprint density at radius 2 is 2.19 bits per heavy atom. The number of nitrogens with zero attached hydrogens (tertiary/aromatic N) is 1. The molecule has 21 heavy (non-hydrogen) atoms. The van der Waals surface area contributed by atoms with Gasteiger partial charge in [0, 0.05) is 25.7 Å². The summed E-state index contributed by atoms with van der Waals surface area (Å²) in [5, 5.41) is 3.43. The number of esters is 1. The van der Waals surface area contributed by atoms with Crippen LogP contribution >= 0.6 is 0 Å². The third kappa shape index (κ3) is 4.18. The van der Waals surface area contributed by atoms with E-state index in [1.807, 2.05) is 6.92 Å². The third-order valence-corrected chi connectivity index (χ3v) is 4.68. The quantitative estimate of drug-likeness (QED) is 0.781. The van der Waals surface area contributed by atoms with Gasteiger partial charge in [-0.3, -0.25) is 9.69 Å². The number of ether oxygens (including phenoxy) is 2. The van der Waals surface area contributed by atoms with Crippen molar-refractivity contribution >= 4 is 5.97 Å². The van der Waals surface area contributed by atoms with Crippen LogP contribution in [0, 0.1) is 0 Å². The van der Waals surface area contributed by atoms with Crippen molar-refractivity contribution in [2.45, 2.75) is 57.5 Å². The summed E-state index contributed by atoms with van der Waals surface area (Å²) in [5.41, 5.74) is -0.485. The molecule has 0 radical (unpaired) electrons. The summed E-state index contributed by atoms with van der Waals surface area (Å²) in [6, 6.07) is 0.462. The van der Waals surface area contributed by atoms with E-state index in [-0.39, 0.29) is 5.97 Å². The van der Waals surface area contributed by atoms with Gasteiger partial charge in [-0.15, -0.1) is 0 Å². The molecule has 0 aromatic heterocycles. The summed E-state index contributed by atoms with van der Waals surface area (Å²) in [6.07, 6.45) is 5.09. The molecule has 122 valence electrons. The molecule has 0 aromatic carbocycles. The fourth-order valence-electron chi connectivity index (χ4n) is 3.71. The van der Waals surface area contributed by atoms with E-state index in [0.717, 1.165) is 58.5 Å². The average Bonchev–Trinajstić information content (AvgIpc) is 2.77. The monoisotopic (exact) mass is 298 g/mol. The Morgan fingerprint density at radius 3 is 2.95 bits per heavy atom. The van der Waals surface area contributed by atoms with Gasteiger partial charge < -0.3 is 14.8 Å². The highest BCUT2D eigenvalue weighted by molar-refractivity contribution is 5.81. The standard InChI is InChI=1S/C16H30N2O3/c1-3-17-16(15(19)21-4-2)8-5-7-14(13-16)18-9-6-11-20-12-10-18/h14,17H,3-13H2,1-2H3. The molecular weight excluding hydrogens is 268 g/mol. The highest BCUT2D eigenvalue weighted by Crippen LogP contribution is 2.33. The number of rotatable bonds is 5. The van der Waals surface area contributed by atoms with E-state index in [9.17, 15) is 4.79 Å². The van der Waals surface area contributed by atoms with Crippen LogP contribution in [0.2, 0.25) is 0 Å². The second-order valence-corrected chi connectivity index (χ2v) is 6.08. The van der Waals surface area contributed by atoms with Gasteiger partial charge in [-0.2, -0.15) is 0 Å². The molecule has 1 heterocycles. The van der Waals surface area contributed by atoms with Crippen LogP contribution in [-0.2, 0) is 14.3 Å². The summed E-state index contributed by atoms with van der Waals surface area (Å²) in [7, 11) is 0. The summed E-state index contributed by atoms with van der Waals surface area (Å²) >= 11 is 0. The fourth-order valence-corrected chi connectivity index (χ4v) is 3.71. The minimum atomic E-state index is -0.485. The zero-order valence-corrected chi connectivity index (χ0v) is 13.5. The van der Waals surface area contributed by atoms with E-state index in [4.69, 9.17) is 9.47 Å². The second kappa shape index (κ2) is 8.11. The first kappa shape index (κ1) is 16.7. The van der Waals surface area contributed by atoms with Crippen LogP contribution in [-0.4, -0.2) is 61.9 Å². The molecule has 2 aliphatic rings. The van der Waals surface area contributed by atoms with Crippen molar-refractivity contribution in [3.05, 3.63) is 0 Å². The predicted octanol–water partition coefficient (Wildman–Crippen LogP) is 1.56. The molecule has 5 heteroatoms. The van der Waals surface area contributed by atoms with Crippen LogP contribution in [0.3, 0.4) is 0 Å². The summed E-state index contributed by atoms with van der Waals surface area (Å²) in [5.74, 6) is -0.0670. The molecule has 5 nitrogen and oxygen atoms in total. The maximum absolute atomic E-state index is 12.5. The van der Waals surface area contributed by atoms with Crippen molar-refractivity contribution in [2.24, 2.45) is 0 Å². The third-order valence-electron chi connectivity index (χ3n) is 4.68. The van der Waals surface area contributed by atoms with Crippen molar-refractivity contribution in [3.63, 3.8) is 0 Å². The lowest BCUT2D eigenvalue weighted by Crippen LogP contribution is -2.59. The molecule has 0 spiro atoms. The second-order valence-electron chi connectivity index (χ2n) is 6.08. The molecule has 1 aliphatic heterocycles. The Kier molecular flexibility index (Phi) is 6.45. The van der Waals surface area contributed by atoms with E-state index in [1.165, 1.54) is 6.42 Å². The minimum Gasteiger partial charge on any atom is -0.465 e. The fraction of sp³-hybridized carbons (Fsp3) is 0.938.